The van der Waals surface area contributed by atoms with Gasteiger partial charge in [0.15, 0.2) is 0 Å². The summed E-state index contributed by atoms with van der Waals surface area (Å²) in [6, 6.07) is 0.815. The van der Waals surface area contributed by atoms with Gasteiger partial charge in [-0.2, -0.15) is 0 Å². The van der Waals surface area contributed by atoms with E-state index in [1.807, 2.05) is 6.20 Å². The second kappa shape index (κ2) is 2.62. The van der Waals surface area contributed by atoms with Crippen LogP contribution in [0.25, 0.3) is 0 Å². The fraction of sp³-hybridized carbons (Fsp3) is 0.750. The number of hydrazine groups is 1. The maximum atomic E-state index is 3.25. The lowest BCUT2D eigenvalue weighted by molar-refractivity contribution is 0.188. The number of nitrogens with one attached hydrogen (secondary N) is 1. The van der Waals surface area contributed by atoms with Gasteiger partial charge in [0, 0.05) is 18.8 Å². The lowest BCUT2D eigenvalue weighted by Gasteiger charge is -2.22. The Morgan fingerprint density at radius 3 is 2.70 bits per heavy atom. The van der Waals surface area contributed by atoms with Crippen molar-refractivity contribution in [3.63, 3.8) is 0 Å². The molecule has 1 aliphatic heterocycles. The first-order valence-electron chi connectivity index (χ1n) is 4.14. The van der Waals surface area contributed by atoms with E-state index in [-0.39, 0.29) is 0 Å². The second-order valence-electron chi connectivity index (χ2n) is 3.12. The van der Waals surface area contributed by atoms with Gasteiger partial charge in [-0.25, -0.2) is 5.01 Å². The first-order valence-corrected chi connectivity index (χ1v) is 4.14. The molecule has 1 N–H and O–H groups in total. The van der Waals surface area contributed by atoms with Crippen LogP contribution >= 0.6 is 0 Å². The van der Waals surface area contributed by atoms with Crippen LogP contribution in [0.1, 0.15) is 25.7 Å². The van der Waals surface area contributed by atoms with Crippen LogP contribution in [0, 0.1) is 0 Å². The second-order valence-corrected chi connectivity index (χ2v) is 3.12. The van der Waals surface area contributed by atoms with Crippen molar-refractivity contribution in [3.8, 4) is 0 Å². The van der Waals surface area contributed by atoms with Gasteiger partial charge in [0.25, 0.3) is 0 Å². The minimum Gasteiger partial charge on any atom is -0.326 e. The summed E-state index contributed by atoms with van der Waals surface area (Å²) in [6.07, 6.45) is 9.83. The van der Waals surface area contributed by atoms with E-state index in [9.17, 15) is 0 Å². The van der Waals surface area contributed by atoms with Crippen molar-refractivity contribution < 1.29 is 0 Å². The smallest absolute Gasteiger partial charge is 0.0379 e. The zero-order valence-corrected chi connectivity index (χ0v) is 6.21. The number of rotatable bonds is 1. The molecule has 56 valence electrons. The molecule has 0 unspecified atom stereocenters. The van der Waals surface area contributed by atoms with Gasteiger partial charge in [0.1, 0.15) is 0 Å². The normalized spacial score (nSPS) is 27.6. The maximum Gasteiger partial charge on any atom is 0.0379 e. The zero-order valence-electron chi connectivity index (χ0n) is 6.21. The molecule has 1 heterocycles. The molecule has 1 fully saturated rings. The predicted octanol–water partition coefficient (Wildman–Crippen LogP) is 1.26. The number of nitrogens with zero attached hydrogens (tertiary/aromatic N) is 1. The highest BCUT2D eigenvalue weighted by atomic mass is 15.5. The van der Waals surface area contributed by atoms with Crippen LogP contribution in [-0.2, 0) is 0 Å². The third kappa shape index (κ3) is 1.03. The van der Waals surface area contributed by atoms with Gasteiger partial charge in [-0.05, 0) is 12.8 Å². The molecule has 1 saturated carbocycles. The highest BCUT2D eigenvalue weighted by Crippen LogP contribution is 2.22. The Kier molecular flexibility index (Phi) is 1.63. The highest BCUT2D eigenvalue weighted by Gasteiger charge is 2.22. The van der Waals surface area contributed by atoms with Gasteiger partial charge < -0.3 is 5.43 Å². The van der Waals surface area contributed by atoms with Gasteiger partial charge in [0.05, 0.1) is 0 Å². The van der Waals surface area contributed by atoms with Gasteiger partial charge >= 0.3 is 0 Å². The van der Waals surface area contributed by atoms with E-state index in [0.29, 0.717) is 0 Å². The van der Waals surface area contributed by atoms with Crippen LogP contribution in [0.15, 0.2) is 12.3 Å². The molecule has 0 aromatic heterocycles. The van der Waals surface area contributed by atoms with Crippen molar-refractivity contribution in [2.24, 2.45) is 0 Å². The van der Waals surface area contributed by atoms with E-state index in [1.165, 1.54) is 25.7 Å². The number of hydrogen-bond donors (Lipinski definition) is 1. The largest absolute Gasteiger partial charge is 0.326 e. The van der Waals surface area contributed by atoms with E-state index in [0.717, 1.165) is 12.6 Å². The summed E-state index contributed by atoms with van der Waals surface area (Å²) >= 11 is 0. The lowest BCUT2D eigenvalue weighted by atomic mass is 10.2. The van der Waals surface area contributed by atoms with Crippen LogP contribution in [-0.4, -0.2) is 17.6 Å². The highest BCUT2D eigenvalue weighted by molar-refractivity contribution is 4.92. The molecule has 0 spiro atoms. The molecule has 1 aliphatic carbocycles. The molecular weight excluding hydrogens is 124 g/mol. The first kappa shape index (κ1) is 6.23. The van der Waals surface area contributed by atoms with Crippen LogP contribution < -0.4 is 5.43 Å². The Morgan fingerprint density at radius 2 is 2.10 bits per heavy atom. The molecule has 0 amide bonds. The standard InChI is InChI=1S/C8H14N2/c1-2-5-8(4-1)10-7-3-6-9-10/h3,6,8-9H,1-2,4-5,7H2. The summed E-state index contributed by atoms with van der Waals surface area (Å²) in [5.41, 5.74) is 3.25. The minimum atomic E-state index is 0.815. The SMILES string of the molecule is C1=CNN(C2CCCC2)C1. The van der Waals surface area contributed by atoms with Gasteiger partial charge in [-0.1, -0.05) is 18.9 Å². The van der Waals surface area contributed by atoms with Crippen molar-refractivity contribution in [3.05, 3.63) is 12.3 Å². The topological polar surface area (TPSA) is 15.3 Å². The van der Waals surface area contributed by atoms with E-state index in [4.69, 9.17) is 0 Å². The molecule has 0 saturated heterocycles. The summed E-state index contributed by atoms with van der Waals surface area (Å²) < 4.78 is 0. The Bertz CT molecular complexity index is 128. The molecular formula is C8H14N2. The Balaban J connectivity index is 1.87. The molecule has 10 heavy (non-hydrogen) atoms. The molecule has 0 radical (unpaired) electrons. The van der Waals surface area contributed by atoms with Crippen LogP contribution in [0.4, 0.5) is 0 Å². The molecule has 0 aromatic rings. The third-order valence-corrected chi connectivity index (χ3v) is 2.43. The molecule has 2 nitrogen and oxygen atoms in total. The summed E-state index contributed by atoms with van der Waals surface area (Å²) in [5.74, 6) is 0. The average Bonchev–Trinajstić information content (AvgIpc) is 2.59. The average molecular weight is 138 g/mol. The van der Waals surface area contributed by atoms with Crippen LogP contribution in [0.2, 0.25) is 0 Å². The van der Waals surface area contributed by atoms with Crippen molar-refractivity contribution in [1.29, 1.82) is 0 Å². The van der Waals surface area contributed by atoms with Crippen LogP contribution in [0.5, 0.6) is 0 Å². The summed E-state index contributed by atoms with van der Waals surface area (Å²) in [6.45, 7) is 1.10. The number of hydrogen-bond acceptors (Lipinski definition) is 2. The van der Waals surface area contributed by atoms with Crippen molar-refractivity contribution in [2.45, 2.75) is 31.7 Å². The summed E-state index contributed by atoms with van der Waals surface area (Å²) in [7, 11) is 0. The molecule has 0 atom stereocenters. The molecule has 2 rings (SSSR count). The van der Waals surface area contributed by atoms with Crippen molar-refractivity contribution >= 4 is 0 Å². The lowest BCUT2D eigenvalue weighted by Crippen LogP contribution is -2.38. The molecule has 2 heteroatoms. The fourth-order valence-corrected chi connectivity index (χ4v) is 1.84. The Hall–Kier alpha value is -0.500. The summed E-state index contributed by atoms with van der Waals surface area (Å²) in [5, 5.41) is 2.34. The Labute approximate surface area is 61.9 Å². The fourth-order valence-electron chi connectivity index (χ4n) is 1.84. The van der Waals surface area contributed by atoms with Gasteiger partial charge in [0.2, 0.25) is 0 Å². The molecule has 2 aliphatic rings. The van der Waals surface area contributed by atoms with E-state index >= 15 is 0 Å². The third-order valence-electron chi connectivity index (χ3n) is 2.43. The molecule has 0 aromatic carbocycles. The quantitative estimate of drug-likeness (QED) is 0.587. The van der Waals surface area contributed by atoms with Crippen molar-refractivity contribution in [2.75, 3.05) is 6.54 Å². The maximum absolute atomic E-state index is 3.25. The summed E-state index contributed by atoms with van der Waals surface area (Å²) in [4.78, 5) is 0. The zero-order chi connectivity index (χ0) is 6.81. The van der Waals surface area contributed by atoms with Gasteiger partial charge in [-0.15, -0.1) is 0 Å². The monoisotopic (exact) mass is 138 g/mol. The van der Waals surface area contributed by atoms with E-state index in [1.54, 1.807) is 0 Å². The van der Waals surface area contributed by atoms with E-state index in [2.05, 4.69) is 16.5 Å². The Morgan fingerprint density at radius 1 is 1.30 bits per heavy atom. The van der Waals surface area contributed by atoms with Gasteiger partial charge in [-0.3, -0.25) is 0 Å². The minimum absolute atomic E-state index is 0.815. The first-order chi connectivity index (χ1) is 4.97. The van der Waals surface area contributed by atoms with Crippen molar-refractivity contribution in [1.82, 2.24) is 10.4 Å². The predicted molar refractivity (Wildman–Crippen MR) is 41.2 cm³/mol. The van der Waals surface area contributed by atoms with E-state index < -0.39 is 0 Å². The van der Waals surface area contributed by atoms with Crippen LogP contribution in [0.3, 0.4) is 0 Å². The molecule has 0 bridgehead atoms.